The second kappa shape index (κ2) is 12.0. The molecule has 0 saturated carbocycles. The number of fused-ring (bicyclic) bond motifs is 2. The van der Waals surface area contributed by atoms with Gasteiger partial charge in [0.05, 0.1) is 72.8 Å². The van der Waals surface area contributed by atoms with Crippen LogP contribution in [0.1, 0.15) is 55.6 Å². The minimum Gasteiger partial charge on any atom is -0.238 e. The van der Waals surface area contributed by atoms with Gasteiger partial charge in [0.1, 0.15) is 6.07 Å². The van der Waals surface area contributed by atoms with Crippen LogP contribution in [0.15, 0.2) is 53.9 Å². The minimum absolute atomic E-state index is 0.0132. The number of halogens is 3. The molecule has 49 heavy (non-hydrogen) atoms. The third-order valence-corrected chi connectivity index (χ3v) is 7.94. The third kappa shape index (κ3) is 4.72. The first-order valence-corrected chi connectivity index (χ1v) is 13.5. The third-order valence-electron chi connectivity index (χ3n) is 7.94. The van der Waals surface area contributed by atoms with E-state index in [9.17, 15) is 39.5 Å². The van der Waals surface area contributed by atoms with Gasteiger partial charge >= 0.3 is 6.18 Å². The fraction of sp³-hybridized carbons (Fsp3) is 0.0541. The van der Waals surface area contributed by atoms with E-state index in [2.05, 4.69) is 19.4 Å². The Morgan fingerprint density at radius 2 is 1.33 bits per heavy atom. The number of hydrogen-bond donors (Lipinski definition) is 0. The average Bonchev–Trinajstić information content (AvgIpc) is 3.60. The van der Waals surface area contributed by atoms with E-state index < -0.39 is 28.7 Å². The number of allylic oxidation sites excluding steroid dienone is 7. The predicted octanol–water partition coefficient (Wildman–Crippen LogP) is 8.87. The van der Waals surface area contributed by atoms with Crippen molar-refractivity contribution in [1.29, 1.82) is 26.3 Å². The predicted molar refractivity (Wildman–Crippen MR) is 169 cm³/mol. The molecular formula is C37H10F3N9. The highest BCUT2D eigenvalue weighted by Gasteiger charge is 2.41. The van der Waals surface area contributed by atoms with Crippen molar-refractivity contribution in [2.24, 2.45) is 0 Å². The highest BCUT2D eigenvalue weighted by Crippen LogP contribution is 2.57. The van der Waals surface area contributed by atoms with Gasteiger partial charge in [-0.05, 0) is 75.7 Å². The highest BCUT2D eigenvalue weighted by molar-refractivity contribution is 6.30. The van der Waals surface area contributed by atoms with Crippen LogP contribution in [0.5, 0.6) is 0 Å². The topological polar surface area (TPSA) is 136 Å². The van der Waals surface area contributed by atoms with Crippen molar-refractivity contribution >= 4 is 39.2 Å². The Balaban J connectivity index is 2.01. The standard InChI is InChI=1S/C37H10F3N9/c1-18-6-7-20(11-27(18)46-2)31-34(28(16-44)47-3)23-12-22-24(14-42)30(19-8-9-21(13-41)26(10-19)37(38,39)40)35(29(17-45)48-4)32(22)25(15-43)33(23)36(31)49-5/h6-12H,1H3/b34-28-,35-29-. The highest BCUT2D eigenvalue weighted by atomic mass is 19.4. The molecule has 0 amide bonds. The largest absolute Gasteiger partial charge is 0.417 e. The van der Waals surface area contributed by atoms with Gasteiger partial charge in [-0.1, -0.05) is 18.2 Å². The summed E-state index contributed by atoms with van der Waals surface area (Å²) in [5.41, 5.74) is -4.21. The molecule has 0 atom stereocenters. The number of benzene rings is 3. The lowest BCUT2D eigenvalue weighted by Gasteiger charge is -2.15. The van der Waals surface area contributed by atoms with Crippen molar-refractivity contribution in [3.05, 3.63) is 155 Å². The van der Waals surface area contributed by atoms with E-state index in [1.165, 1.54) is 18.2 Å². The molecule has 0 radical (unpaired) electrons. The first kappa shape index (κ1) is 32.2. The molecule has 0 aliphatic heterocycles. The summed E-state index contributed by atoms with van der Waals surface area (Å²) in [6.07, 6.45) is -5.00. The molecule has 0 fully saturated rings. The van der Waals surface area contributed by atoms with Crippen LogP contribution < -0.4 is 0 Å². The maximum absolute atomic E-state index is 14.0. The summed E-state index contributed by atoms with van der Waals surface area (Å²) in [6, 6.07) is 17.5. The summed E-state index contributed by atoms with van der Waals surface area (Å²) in [6.45, 7) is 32.9. The fourth-order valence-corrected chi connectivity index (χ4v) is 5.93. The lowest BCUT2D eigenvalue weighted by Crippen LogP contribution is -2.08. The van der Waals surface area contributed by atoms with Gasteiger partial charge in [-0.25, -0.2) is 29.9 Å². The molecule has 0 spiro atoms. The molecule has 9 nitrogen and oxygen atoms in total. The van der Waals surface area contributed by atoms with Gasteiger partial charge < -0.3 is 0 Å². The summed E-state index contributed by atoms with van der Waals surface area (Å²) in [7, 11) is 0. The maximum Gasteiger partial charge on any atom is 0.417 e. The second-order valence-electron chi connectivity index (χ2n) is 10.3. The van der Waals surface area contributed by atoms with Crippen LogP contribution >= 0.6 is 0 Å². The van der Waals surface area contributed by atoms with Gasteiger partial charge in [-0.3, -0.25) is 0 Å². The molecule has 3 aromatic rings. The quantitative estimate of drug-likeness (QED) is 0.204. The van der Waals surface area contributed by atoms with E-state index in [0.29, 0.717) is 11.6 Å². The van der Waals surface area contributed by atoms with Crippen LogP contribution in [0.25, 0.3) is 52.9 Å². The molecule has 0 saturated heterocycles. The normalized spacial score (nSPS) is 14.7. The summed E-state index contributed by atoms with van der Waals surface area (Å²) < 4.78 is 42.1. The Bertz CT molecular complexity index is 2610. The van der Waals surface area contributed by atoms with E-state index in [0.717, 1.165) is 12.1 Å². The van der Waals surface area contributed by atoms with Crippen LogP contribution in [0.3, 0.4) is 0 Å². The number of nitrogens with zero attached hydrogens (tertiary/aromatic N) is 9. The van der Waals surface area contributed by atoms with Gasteiger partial charge in [-0.15, -0.1) is 0 Å². The number of hydrogen-bond acceptors (Lipinski definition) is 5. The van der Waals surface area contributed by atoms with E-state index in [-0.39, 0.29) is 78.2 Å². The Morgan fingerprint density at radius 1 is 0.694 bits per heavy atom. The Hall–Kier alpha value is -8.18. The van der Waals surface area contributed by atoms with Crippen LogP contribution in [-0.2, 0) is 6.18 Å². The van der Waals surface area contributed by atoms with E-state index in [4.69, 9.17) is 26.3 Å². The number of aryl methyl sites for hydroxylation is 1. The molecule has 2 aliphatic carbocycles. The number of alkyl halides is 3. The van der Waals surface area contributed by atoms with E-state index in [1.54, 1.807) is 31.2 Å². The van der Waals surface area contributed by atoms with Gasteiger partial charge in [-0.2, -0.15) is 29.0 Å². The van der Waals surface area contributed by atoms with Crippen LogP contribution in [0.4, 0.5) is 18.9 Å². The Labute approximate surface area is 277 Å². The average molecular weight is 638 g/mol. The Morgan fingerprint density at radius 3 is 1.86 bits per heavy atom. The lowest BCUT2D eigenvalue weighted by molar-refractivity contribution is -0.137. The molecule has 0 aromatic heterocycles. The minimum atomic E-state index is -5.00. The van der Waals surface area contributed by atoms with Crippen molar-refractivity contribution in [1.82, 2.24) is 0 Å². The fourth-order valence-electron chi connectivity index (χ4n) is 5.93. The molecular weight excluding hydrogens is 627 g/mol. The van der Waals surface area contributed by atoms with Crippen molar-refractivity contribution in [3.63, 3.8) is 0 Å². The first-order chi connectivity index (χ1) is 23.5. The number of nitriles is 5. The zero-order valence-corrected chi connectivity index (χ0v) is 24.7. The molecule has 0 N–H and O–H groups in total. The zero-order valence-electron chi connectivity index (χ0n) is 24.7. The van der Waals surface area contributed by atoms with Crippen molar-refractivity contribution in [3.8, 4) is 30.3 Å². The van der Waals surface area contributed by atoms with E-state index in [1.807, 2.05) is 12.1 Å². The molecule has 0 unspecified atom stereocenters. The molecule has 0 bridgehead atoms. The summed E-state index contributed by atoms with van der Waals surface area (Å²) >= 11 is 0. The van der Waals surface area contributed by atoms with Gasteiger partial charge in [0.25, 0.3) is 11.4 Å². The SMILES string of the molecule is [C-]#[N+]C1=C(c2ccc(C)c([N+]#[C-])c2)/C(=C(/C#N)[N+]#[C-])c2cc3c(c(C#N)c21)/C(=C(/C#N)[N+]#[C-])C(c1ccc(C#N)c(C(F)(F)F)c1)=C3C#N. The zero-order chi connectivity index (χ0) is 35.8. The molecule has 224 valence electrons. The van der Waals surface area contributed by atoms with Crippen LogP contribution in [0.2, 0.25) is 0 Å². The maximum atomic E-state index is 14.0. The van der Waals surface area contributed by atoms with Crippen molar-refractivity contribution < 1.29 is 13.2 Å². The second-order valence-corrected chi connectivity index (χ2v) is 10.3. The molecule has 2 aliphatic rings. The summed E-state index contributed by atoms with van der Waals surface area (Å²) in [5, 5.41) is 50.5. The number of rotatable bonds is 2. The van der Waals surface area contributed by atoms with Crippen LogP contribution in [0, 0.1) is 89.9 Å². The summed E-state index contributed by atoms with van der Waals surface area (Å²) in [5.74, 6) is 0. The summed E-state index contributed by atoms with van der Waals surface area (Å²) in [4.78, 5) is 13.8. The van der Waals surface area contributed by atoms with Gasteiger partial charge in [0.15, 0.2) is 5.69 Å². The Kier molecular flexibility index (Phi) is 7.87. The molecule has 12 heteroatoms. The van der Waals surface area contributed by atoms with Crippen molar-refractivity contribution in [2.75, 3.05) is 0 Å². The smallest absolute Gasteiger partial charge is 0.238 e. The lowest BCUT2D eigenvalue weighted by atomic mass is 9.87. The van der Waals surface area contributed by atoms with Crippen molar-refractivity contribution in [2.45, 2.75) is 13.1 Å². The molecule has 0 heterocycles. The monoisotopic (exact) mass is 637 g/mol. The molecule has 3 aromatic carbocycles. The van der Waals surface area contributed by atoms with E-state index >= 15 is 0 Å². The van der Waals surface area contributed by atoms with Gasteiger partial charge in [0, 0.05) is 16.7 Å². The van der Waals surface area contributed by atoms with Gasteiger partial charge in [0.2, 0.25) is 5.70 Å². The molecule has 5 rings (SSSR count). The first-order valence-electron chi connectivity index (χ1n) is 13.5. The van der Waals surface area contributed by atoms with Crippen LogP contribution in [-0.4, -0.2) is 0 Å².